The van der Waals surface area contributed by atoms with E-state index in [0.29, 0.717) is 5.41 Å². The molecule has 1 fully saturated rings. The number of alkyl halides is 1. The van der Waals surface area contributed by atoms with Crippen LogP contribution in [0.25, 0.3) is 0 Å². The van der Waals surface area contributed by atoms with Gasteiger partial charge in [-0.15, -0.1) is 0 Å². The van der Waals surface area contributed by atoms with Crippen LogP contribution in [0.1, 0.15) is 27.7 Å². The number of halogens is 1. The Hall–Kier alpha value is 0.400. The molecule has 96 valence electrons. The number of piperazine rings is 1. The third-order valence-electron chi connectivity index (χ3n) is 3.80. The van der Waals surface area contributed by atoms with Crippen molar-refractivity contribution in [2.45, 2.75) is 27.7 Å². The molecule has 1 saturated heterocycles. The van der Waals surface area contributed by atoms with Crippen molar-refractivity contribution < 1.29 is 0 Å². The molecule has 1 aliphatic heterocycles. The number of hydrogen-bond donors (Lipinski definition) is 0. The number of hydrogen-bond acceptors (Lipinski definition) is 2. The fourth-order valence-electron chi connectivity index (χ4n) is 2.15. The minimum Gasteiger partial charge on any atom is -0.301 e. The maximum absolute atomic E-state index is 3.67. The fourth-order valence-corrected chi connectivity index (χ4v) is 3.33. The van der Waals surface area contributed by atoms with Crippen LogP contribution in [0.5, 0.6) is 0 Å². The van der Waals surface area contributed by atoms with E-state index in [9.17, 15) is 0 Å². The van der Waals surface area contributed by atoms with Crippen molar-refractivity contribution in [3.63, 3.8) is 0 Å². The summed E-state index contributed by atoms with van der Waals surface area (Å²) < 4.78 is 0. The van der Waals surface area contributed by atoms with Gasteiger partial charge in [0.05, 0.1) is 0 Å². The van der Waals surface area contributed by atoms with Crippen molar-refractivity contribution in [2.75, 3.05) is 44.6 Å². The Balaban J connectivity index is 2.37. The van der Waals surface area contributed by atoms with E-state index in [1.165, 1.54) is 39.3 Å². The first-order valence-electron chi connectivity index (χ1n) is 6.48. The maximum Gasteiger partial charge on any atom is 0.0110 e. The monoisotopic (exact) mass is 290 g/mol. The molecule has 0 N–H and O–H groups in total. The predicted molar refractivity (Wildman–Crippen MR) is 75.3 cm³/mol. The Morgan fingerprint density at radius 1 is 1.06 bits per heavy atom. The van der Waals surface area contributed by atoms with Crippen molar-refractivity contribution in [3.05, 3.63) is 0 Å². The van der Waals surface area contributed by atoms with E-state index < -0.39 is 0 Å². The second-order valence-electron chi connectivity index (χ2n) is 5.95. The Kier molecular flexibility index (Phi) is 5.75. The summed E-state index contributed by atoms with van der Waals surface area (Å²) in [5.74, 6) is 0.751. The lowest BCUT2D eigenvalue weighted by atomic mass is 9.81. The summed E-state index contributed by atoms with van der Waals surface area (Å²) in [4.78, 5) is 5.17. The highest BCUT2D eigenvalue weighted by molar-refractivity contribution is 9.09. The van der Waals surface area contributed by atoms with Crippen molar-refractivity contribution in [2.24, 2.45) is 11.3 Å². The van der Waals surface area contributed by atoms with Gasteiger partial charge in [-0.1, -0.05) is 43.6 Å². The van der Waals surface area contributed by atoms with Crippen molar-refractivity contribution in [1.82, 2.24) is 9.80 Å². The Morgan fingerprint density at radius 2 is 1.56 bits per heavy atom. The lowest BCUT2D eigenvalue weighted by Gasteiger charge is -2.39. The van der Waals surface area contributed by atoms with Gasteiger partial charge in [-0.2, -0.15) is 0 Å². The molecule has 1 aliphatic rings. The zero-order valence-corrected chi connectivity index (χ0v) is 12.9. The van der Waals surface area contributed by atoms with Crippen LogP contribution >= 0.6 is 15.9 Å². The number of likely N-dealkylation sites (N-methyl/N-ethyl adjacent to an activating group) is 1. The Morgan fingerprint density at radius 3 is 1.94 bits per heavy atom. The largest absolute Gasteiger partial charge is 0.301 e. The van der Waals surface area contributed by atoms with Gasteiger partial charge in [0, 0.05) is 38.1 Å². The molecular weight excluding hydrogens is 264 g/mol. The molecule has 0 aliphatic carbocycles. The summed E-state index contributed by atoms with van der Waals surface area (Å²) in [5.41, 5.74) is 0.408. The molecule has 0 aromatic heterocycles. The van der Waals surface area contributed by atoms with Gasteiger partial charge in [0.15, 0.2) is 0 Å². The van der Waals surface area contributed by atoms with Crippen molar-refractivity contribution in [3.8, 4) is 0 Å². The van der Waals surface area contributed by atoms with Crippen LogP contribution in [0.15, 0.2) is 0 Å². The van der Waals surface area contributed by atoms with E-state index in [1.807, 2.05) is 0 Å². The van der Waals surface area contributed by atoms with Gasteiger partial charge in [-0.25, -0.2) is 0 Å². The van der Waals surface area contributed by atoms with Crippen LogP contribution in [0, 0.1) is 11.3 Å². The highest BCUT2D eigenvalue weighted by Gasteiger charge is 2.26. The van der Waals surface area contributed by atoms with E-state index in [2.05, 4.69) is 53.4 Å². The van der Waals surface area contributed by atoms with Gasteiger partial charge in [-0.3, -0.25) is 0 Å². The average molecular weight is 291 g/mol. The first-order chi connectivity index (χ1) is 7.47. The van der Waals surface area contributed by atoms with E-state index in [0.717, 1.165) is 11.2 Å². The van der Waals surface area contributed by atoms with E-state index >= 15 is 0 Å². The molecule has 2 nitrogen and oxygen atoms in total. The molecule has 0 amide bonds. The molecule has 0 saturated carbocycles. The minimum atomic E-state index is 0.408. The van der Waals surface area contributed by atoms with Gasteiger partial charge in [0.2, 0.25) is 0 Å². The molecule has 0 radical (unpaired) electrons. The van der Waals surface area contributed by atoms with Gasteiger partial charge >= 0.3 is 0 Å². The van der Waals surface area contributed by atoms with Gasteiger partial charge in [0.25, 0.3) is 0 Å². The van der Waals surface area contributed by atoms with Crippen LogP contribution in [0.3, 0.4) is 0 Å². The smallest absolute Gasteiger partial charge is 0.0110 e. The summed E-state index contributed by atoms with van der Waals surface area (Å²) in [6, 6.07) is 0. The normalized spacial score (nSPS) is 22.3. The summed E-state index contributed by atoms with van der Waals surface area (Å²) in [6.07, 6.45) is 0. The standard InChI is InChI=1S/C13H27BrN2/c1-5-15-6-8-16(9-7-15)11-12(10-14)13(2,3)4/h12H,5-11H2,1-4H3. The summed E-state index contributed by atoms with van der Waals surface area (Å²) in [7, 11) is 0. The fraction of sp³-hybridized carbons (Fsp3) is 1.00. The first-order valence-corrected chi connectivity index (χ1v) is 7.60. The lowest BCUT2D eigenvalue weighted by molar-refractivity contribution is 0.100. The van der Waals surface area contributed by atoms with Gasteiger partial charge < -0.3 is 9.80 Å². The minimum absolute atomic E-state index is 0.408. The quantitative estimate of drug-likeness (QED) is 0.735. The van der Waals surface area contributed by atoms with Crippen LogP contribution < -0.4 is 0 Å². The Bertz CT molecular complexity index is 193. The summed E-state index contributed by atoms with van der Waals surface area (Å²) >= 11 is 3.67. The summed E-state index contributed by atoms with van der Waals surface area (Å²) in [6.45, 7) is 16.7. The number of nitrogens with zero attached hydrogens (tertiary/aromatic N) is 2. The highest BCUT2D eigenvalue weighted by Crippen LogP contribution is 2.28. The van der Waals surface area contributed by atoms with E-state index in [4.69, 9.17) is 0 Å². The molecule has 0 bridgehead atoms. The zero-order valence-electron chi connectivity index (χ0n) is 11.3. The number of rotatable bonds is 4. The molecule has 16 heavy (non-hydrogen) atoms. The van der Waals surface area contributed by atoms with Crippen LogP contribution in [-0.2, 0) is 0 Å². The lowest BCUT2D eigenvalue weighted by Crippen LogP contribution is -2.48. The summed E-state index contributed by atoms with van der Waals surface area (Å²) in [5, 5.41) is 1.12. The van der Waals surface area contributed by atoms with Gasteiger partial charge in [-0.05, 0) is 17.9 Å². The van der Waals surface area contributed by atoms with Crippen LogP contribution in [0.2, 0.25) is 0 Å². The van der Waals surface area contributed by atoms with E-state index in [-0.39, 0.29) is 0 Å². The van der Waals surface area contributed by atoms with Crippen LogP contribution in [-0.4, -0.2) is 54.4 Å². The first kappa shape index (κ1) is 14.5. The molecule has 0 aromatic carbocycles. The van der Waals surface area contributed by atoms with Crippen LogP contribution in [0.4, 0.5) is 0 Å². The predicted octanol–water partition coefficient (Wildman–Crippen LogP) is 2.68. The molecule has 0 aromatic rings. The molecule has 1 rings (SSSR count). The molecule has 1 atom stereocenters. The molecule has 3 heteroatoms. The highest BCUT2D eigenvalue weighted by atomic mass is 79.9. The topological polar surface area (TPSA) is 6.48 Å². The zero-order chi connectivity index (χ0) is 12.2. The second-order valence-corrected chi connectivity index (χ2v) is 6.60. The van der Waals surface area contributed by atoms with E-state index in [1.54, 1.807) is 0 Å². The average Bonchev–Trinajstić information content (AvgIpc) is 2.25. The maximum atomic E-state index is 3.67. The molecular formula is C13H27BrN2. The Labute approximate surface area is 109 Å². The molecule has 1 heterocycles. The second kappa shape index (κ2) is 6.36. The third-order valence-corrected chi connectivity index (χ3v) is 4.58. The van der Waals surface area contributed by atoms with Crippen molar-refractivity contribution >= 4 is 15.9 Å². The van der Waals surface area contributed by atoms with Crippen molar-refractivity contribution in [1.29, 1.82) is 0 Å². The van der Waals surface area contributed by atoms with Gasteiger partial charge in [0.1, 0.15) is 0 Å². The SMILES string of the molecule is CCN1CCN(CC(CBr)C(C)(C)C)CC1. The third kappa shape index (κ3) is 4.34. The molecule has 0 spiro atoms. The molecule has 1 unspecified atom stereocenters.